The Hall–Kier alpha value is -1.98. The molecule has 19 heavy (non-hydrogen) atoms. The van der Waals surface area contributed by atoms with E-state index in [-0.39, 0.29) is 6.61 Å². The van der Waals surface area contributed by atoms with Gasteiger partial charge < -0.3 is 9.84 Å². The fraction of sp³-hybridized carbons (Fsp3) is 0.294. The van der Waals surface area contributed by atoms with E-state index in [0.29, 0.717) is 6.61 Å². The summed E-state index contributed by atoms with van der Waals surface area (Å²) in [6.07, 6.45) is 8.19. The van der Waals surface area contributed by atoms with Crippen LogP contribution in [0, 0.1) is 12.3 Å². The van der Waals surface area contributed by atoms with Crippen molar-refractivity contribution >= 4 is 10.8 Å². The molecule has 0 spiro atoms. The first-order valence-electron chi connectivity index (χ1n) is 6.57. The molecule has 0 aliphatic rings. The highest BCUT2D eigenvalue weighted by Crippen LogP contribution is 2.22. The van der Waals surface area contributed by atoms with Crippen molar-refractivity contribution in [2.45, 2.75) is 19.3 Å². The van der Waals surface area contributed by atoms with Crippen LogP contribution in [0.15, 0.2) is 36.4 Å². The van der Waals surface area contributed by atoms with Crippen LogP contribution < -0.4 is 4.74 Å². The summed E-state index contributed by atoms with van der Waals surface area (Å²) in [5, 5.41) is 10.9. The normalized spacial score (nSPS) is 10.3. The van der Waals surface area contributed by atoms with Crippen LogP contribution in [0.4, 0.5) is 0 Å². The minimum absolute atomic E-state index is 0.257. The lowest BCUT2D eigenvalue weighted by atomic mass is 10.1. The van der Waals surface area contributed by atoms with Crippen LogP contribution in [0.3, 0.4) is 0 Å². The van der Waals surface area contributed by atoms with Gasteiger partial charge in [-0.3, -0.25) is 0 Å². The number of rotatable bonds is 6. The van der Waals surface area contributed by atoms with E-state index < -0.39 is 0 Å². The predicted octanol–water partition coefficient (Wildman–Crippen LogP) is 3.36. The Kier molecular flexibility index (Phi) is 4.83. The van der Waals surface area contributed by atoms with Gasteiger partial charge in [-0.1, -0.05) is 18.1 Å². The zero-order chi connectivity index (χ0) is 13.5. The van der Waals surface area contributed by atoms with E-state index in [0.717, 1.165) is 41.3 Å². The van der Waals surface area contributed by atoms with E-state index in [4.69, 9.17) is 16.3 Å². The van der Waals surface area contributed by atoms with Crippen molar-refractivity contribution in [2.24, 2.45) is 0 Å². The Morgan fingerprint density at radius 2 is 1.79 bits per heavy atom. The smallest absolute Gasteiger partial charge is 0.119 e. The van der Waals surface area contributed by atoms with Gasteiger partial charge in [0.25, 0.3) is 0 Å². The average molecular weight is 254 g/mol. The van der Waals surface area contributed by atoms with Gasteiger partial charge in [-0.05, 0) is 54.3 Å². The van der Waals surface area contributed by atoms with Gasteiger partial charge in [0.1, 0.15) is 5.75 Å². The molecule has 1 N–H and O–H groups in total. The van der Waals surface area contributed by atoms with Crippen LogP contribution in [0.5, 0.6) is 5.75 Å². The van der Waals surface area contributed by atoms with Crippen LogP contribution in [-0.2, 0) is 0 Å². The zero-order valence-corrected chi connectivity index (χ0v) is 10.9. The number of aliphatic hydroxyl groups excluding tert-OH is 1. The lowest BCUT2D eigenvalue weighted by molar-refractivity contribution is 0.266. The molecule has 0 atom stereocenters. The summed E-state index contributed by atoms with van der Waals surface area (Å²) in [7, 11) is 0. The van der Waals surface area contributed by atoms with Gasteiger partial charge in [0.15, 0.2) is 0 Å². The molecule has 2 rings (SSSR count). The number of aliphatic hydroxyl groups is 1. The number of terminal acetylenes is 1. The molecule has 0 saturated carbocycles. The van der Waals surface area contributed by atoms with Crippen LogP contribution in [-0.4, -0.2) is 18.3 Å². The Bertz CT molecular complexity index is 581. The third-order valence-corrected chi connectivity index (χ3v) is 3.05. The predicted molar refractivity (Wildman–Crippen MR) is 78.3 cm³/mol. The highest BCUT2D eigenvalue weighted by molar-refractivity contribution is 5.85. The second-order valence-electron chi connectivity index (χ2n) is 4.50. The number of hydrogen-bond acceptors (Lipinski definition) is 2. The lowest BCUT2D eigenvalue weighted by Crippen LogP contribution is -1.97. The van der Waals surface area contributed by atoms with E-state index in [9.17, 15) is 0 Å². The van der Waals surface area contributed by atoms with Crippen LogP contribution in [0.2, 0.25) is 0 Å². The molecular formula is C17H18O2. The summed E-state index contributed by atoms with van der Waals surface area (Å²) < 4.78 is 5.70. The Morgan fingerprint density at radius 3 is 2.58 bits per heavy atom. The molecule has 0 bridgehead atoms. The molecule has 98 valence electrons. The van der Waals surface area contributed by atoms with Gasteiger partial charge in [0, 0.05) is 12.2 Å². The first kappa shape index (κ1) is 13.5. The molecule has 0 heterocycles. The maximum absolute atomic E-state index is 8.69. The largest absolute Gasteiger partial charge is 0.494 e. The second kappa shape index (κ2) is 6.82. The quantitative estimate of drug-likeness (QED) is 0.632. The maximum atomic E-state index is 8.69. The second-order valence-corrected chi connectivity index (χ2v) is 4.50. The number of unbranched alkanes of at least 4 members (excludes halogenated alkanes) is 2. The molecule has 0 fully saturated rings. The zero-order valence-electron chi connectivity index (χ0n) is 10.9. The molecule has 0 unspecified atom stereocenters. The van der Waals surface area contributed by atoms with Crippen molar-refractivity contribution in [3.05, 3.63) is 42.0 Å². The first-order valence-corrected chi connectivity index (χ1v) is 6.57. The van der Waals surface area contributed by atoms with E-state index in [1.54, 1.807) is 0 Å². The van der Waals surface area contributed by atoms with Crippen molar-refractivity contribution in [3.63, 3.8) is 0 Å². The lowest BCUT2D eigenvalue weighted by Gasteiger charge is -2.07. The Labute approximate surface area is 114 Å². The van der Waals surface area contributed by atoms with Gasteiger partial charge in [-0.2, -0.15) is 0 Å². The van der Waals surface area contributed by atoms with Crippen molar-refractivity contribution in [3.8, 4) is 18.1 Å². The van der Waals surface area contributed by atoms with E-state index in [2.05, 4.69) is 5.92 Å². The summed E-state index contributed by atoms with van der Waals surface area (Å²) >= 11 is 0. The van der Waals surface area contributed by atoms with Crippen LogP contribution >= 0.6 is 0 Å². The molecule has 2 aromatic carbocycles. The van der Waals surface area contributed by atoms with Gasteiger partial charge >= 0.3 is 0 Å². The number of hydrogen-bond donors (Lipinski definition) is 1. The fourth-order valence-electron chi connectivity index (χ4n) is 1.98. The molecule has 0 aromatic heterocycles. The molecule has 2 aromatic rings. The summed E-state index contributed by atoms with van der Waals surface area (Å²) in [5.74, 6) is 3.52. The third kappa shape index (κ3) is 3.74. The van der Waals surface area contributed by atoms with Crippen LogP contribution in [0.1, 0.15) is 24.8 Å². The van der Waals surface area contributed by atoms with Gasteiger partial charge in [-0.15, -0.1) is 6.42 Å². The number of benzene rings is 2. The minimum atomic E-state index is 0.257. The van der Waals surface area contributed by atoms with Crippen LogP contribution in [0.25, 0.3) is 10.8 Å². The fourth-order valence-corrected chi connectivity index (χ4v) is 1.98. The van der Waals surface area contributed by atoms with Gasteiger partial charge in [0.2, 0.25) is 0 Å². The van der Waals surface area contributed by atoms with E-state index in [1.807, 2.05) is 36.4 Å². The monoisotopic (exact) mass is 254 g/mol. The summed E-state index contributed by atoms with van der Waals surface area (Å²) in [6.45, 7) is 0.946. The van der Waals surface area contributed by atoms with Gasteiger partial charge in [-0.25, -0.2) is 0 Å². The van der Waals surface area contributed by atoms with Crippen molar-refractivity contribution < 1.29 is 9.84 Å². The van der Waals surface area contributed by atoms with Crippen molar-refractivity contribution in [2.75, 3.05) is 13.2 Å². The first-order chi connectivity index (χ1) is 9.33. The Morgan fingerprint density at radius 1 is 1.00 bits per heavy atom. The minimum Gasteiger partial charge on any atom is -0.494 e. The van der Waals surface area contributed by atoms with E-state index in [1.165, 1.54) is 0 Å². The molecule has 2 nitrogen and oxygen atoms in total. The summed E-state index contributed by atoms with van der Waals surface area (Å²) in [4.78, 5) is 0. The molecule has 0 amide bonds. The summed E-state index contributed by atoms with van der Waals surface area (Å²) in [6, 6.07) is 12.0. The molecule has 0 aliphatic carbocycles. The number of ether oxygens (including phenoxy) is 1. The molecule has 0 aliphatic heterocycles. The average Bonchev–Trinajstić information content (AvgIpc) is 2.46. The van der Waals surface area contributed by atoms with Gasteiger partial charge in [0.05, 0.1) is 6.61 Å². The molecule has 0 radical (unpaired) electrons. The summed E-state index contributed by atoms with van der Waals surface area (Å²) in [5.41, 5.74) is 0.894. The molecule has 2 heteroatoms. The standard InChI is InChI=1S/C17H18O2/c1-2-14-6-7-16-13-17(9-8-15(16)12-14)19-11-5-3-4-10-18/h1,6-9,12-13,18H,3-5,10-11H2. The molecule has 0 saturated heterocycles. The topological polar surface area (TPSA) is 29.5 Å². The molecular weight excluding hydrogens is 236 g/mol. The van der Waals surface area contributed by atoms with Crippen molar-refractivity contribution in [1.82, 2.24) is 0 Å². The van der Waals surface area contributed by atoms with E-state index >= 15 is 0 Å². The third-order valence-electron chi connectivity index (χ3n) is 3.05. The number of fused-ring (bicyclic) bond motifs is 1. The maximum Gasteiger partial charge on any atom is 0.119 e. The Balaban J connectivity index is 2.00. The highest BCUT2D eigenvalue weighted by Gasteiger charge is 1.99. The SMILES string of the molecule is C#Cc1ccc2cc(OCCCCCO)ccc2c1. The highest BCUT2D eigenvalue weighted by atomic mass is 16.5. The van der Waals surface area contributed by atoms with Crippen molar-refractivity contribution in [1.29, 1.82) is 0 Å².